The van der Waals surface area contributed by atoms with Crippen molar-refractivity contribution in [1.29, 1.82) is 0 Å². The van der Waals surface area contributed by atoms with Crippen molar-refractivity contribution < 1.29 is 4.79 Å². The maximum Gasteiger partial charge on any atom is 0.356 e. The van der Waals surface area contributed by atoms with Gasteiger partial charge in [0.05, 0.1) is 5.69 Å². The van der Waals surface area contributed by atoms with Crippen LogP contribution >= 0.6 is 11.9 Å². The van der Waals surface area contributed by atoms with Crippen LogP contribution < -0.4 is 11.4 Å². The number of nitrogens with zero attached hydrogens (tertiary/aromatic N) is 4. The van der Waals surface area contributed by atoms with Crippen LogP contribution in [-0.2, 0) is 4.79 Å². The molecule has 1 saturated heterocycles. The van der Waals surface area contributed by atoms with Crippen molar-refractivity contribution in [3.8, 4) is 5.69 Å². The average Bonchev–Trinajstić information content (AvgIpc) is 2.83. The highest BCUT2D eigenvalue weighted by Gasteiger charge is 2.68. The van der Waals surface area contributed by atoms with Crippen LogP contribution in [0.3, 0.4) is 0 Å². The maximum atomic E-state index is 13.5. The lowest BCUT2D eigenvalue weighted by atomic mass is 9.65. The van der Waals surface area contributed by atoms with Crippen molar-refractivity contribution >= 4 is 24.1 Å². The molecule has 2 atom stereocenters. The molecule has 160 valence electrons. The van der Waals surface area contributed by atoms with Crippen molar-refractivity contribution in [3.05, 3.63) is 56.9 Å². The predicted molar refractivity (Wildman–Crippen MR) is 119 cm³/mol. The minimum absolute atomic E-state index is 0.140. The van der Waals surface area contributed by atoms with Gasteiger partial charge in [0.15, 0.2) is 6.17 Å². The van der Waals surface area contributed by atoms with Gasteiger partial charge in [-0.2, -0.15) is 0 Å². The fraction of sp³-hybridized carbons (Fsp3) is 0.500. The van der Waals surface area contributed by atoms with Gasteiger partial charge in [0.1, 0.15) is 4.75 Å². The van der Waals surface area contributed by atoms with Gasteiger partial charge in [-0.25, -0.2) is 23.5 Å². The number of rotatable bonds is 1. The summed E-state index contributed by atoms with van der Waals surface area (Å²) in [5, 5.41) is 0. The van der Waals surface area contributed by atoms with E-state index in [2.05, 4.69) is 41.5 Å². The standard InChI is InChI=1S/C22H28N4O3S/c1-14(27)26-17-22(30-26,21(5,6)7)16(20(2,3)4)13-23-18(28)24(19(29)25(17)23)15-11-9-8-10-12-15/h8-13,17H,1-7H3/t17-,22-/m1/s1. The molecular weight excluding hydrogens is 400 g/mol. The zero-order chi connectivity index (χ0) is 22.2. The Morgan fingerprint density at radius 1 is 1.00 bits per heavy atom. The van der Waals surface area contributed by atoms with E-state index in [0.29, 0.717) is 5.69 Å². The van der Waals surface area contributed by atoms with Gasteiger partial charge in [-0.05, 0) is 40.5 Å². The largest absolute Gasteiger partial charge is 0.356 e. The van der Waals surface area contributed by atoms with E-state index in [9.17, 15) is 14.4 Å². The summed E-state index contributed by atoms with van der Waals surface area (Å²) >= 11 is 1.47. The van der Waals surface area contributed by atoms with Crippen LogP contribution in [0.15, 0.2) is 45.5 Å². The van der Waals surface area contributed by atoms with Gasteiger partial charge in [0, 0.05) is 13.1 Å². The number of para-hydroxylation sites is 1. The van der Waals surface area contributed by atoms with Gasteiger partial charge in [0.25, 0.3) is 0 Å². The molecule has 0 N–H and O–H groups in total. The molecule has 8 heteroatoms. The van der Waals surface area contributed by atoms with Crippen LogP contribution in [0, 0.1) is 10.8 Å². The number of carbonyl (C=O) groups excluding carboxylic acids is 1. The fourth-order valence-electron chi connectivity index (χ4n) is 4.57. The molecule has 7 nitrogen and oxygen atoms in total. The molecule has 2 aliphatic rings. The van der Waals surface area contributed by atoms with E-state index in [4.69, 9.17) is 0 Å². The maximum absolute atomic E-state index is 13.5. The molecule has 30 heavy (non-hydrogen) atoms. The molecular formula is C22H28N4O3S. The van der Waals surface area contributed by atoms with Gasteiger partial charge in [0.2, 0.25) is 5.91 Å². The summed E-state index contributed by atoms with van der Waals surface area (Å²) in [6.45, 7) is 14.2. The lowest BCUT2D eigenvalue weighted by Crippen LogP contribution is -2.69. The molecule has 0 unspecified atom stereocenters. The number of carbonyl (C=O) groups is 1. The Morgan fingerprint density at radius 3 is 2.10 bits per heavy atom. The van der Waals surface area contributed by atoms with E-state index in [-0.39, 0.29) is 16.7 Å². The van der Waals surface area contributed by atoms with Crippen molar-refractivity contribution in [2.45, 2.75) is 59.4 Å². The third kappa shape index (κ3) is 2.55. The number of amides is 1. The molecule has 1 fully saturated rings. The van der Waals surface area contributed by atoms with Crippen LogP contribution in [0.5, 0.6) is 0 Å². The van der Waals surface area contributed by atoms with E-state index >= 15 is 0 Å². The van der Waals surface area contributed by atoms with Crippen LogP contribution in [0.4, 0.5) is 0 Å². The van der Waals surface area contributed by atoms with Gasteiger partial charge in [-0.3, -0.25) is 9.10 Å². The predicted octanol–water partition coefficient (Wildman–Crippen LogP) is 3.50. The van der Waals surface area contributed by atoms with Crippen molar-refractivity contribution in [3.63, 3.8) is 0 Å². The number of aromatic nitrogens is 3. The topological polar surface area (TPSA) is 69.2 Å². The second-order valence-corrected chi connectivity index (χ2v) is 11.2. The third-order valence-electron chi connectivity index (χ3n) is 5.96. The molecule has 0 spiro atoms. The molecule has 2 aromatic rings. The number of hydrogen-bond acceptors (Lipinski definition) is 4. The molecule has 0 aliphatic carbocycles. The van der Waals surface area contributed by atoms with E-state index in [1.165, 1.54) is 32.8 Å². The first-order valence-electron chi connectivity index (χ1n) is 10.1. The summed E-state index contributed by atoms with van der Waals surface area (Å²) in [5.74, 6) is -0.140. The van der Waals surface area contributed by atoms with Gasteiger partial charge >= 0.3 is 11.4 Å². The van der Waals surface area contributed by atoms with E-state index in [0.717, 1.165) is 5.57 Å². The number of hydrogen-bond donors (Lipinski definition) is 0. The highest BCUT2D eigenvalue weighted by atomic mass is 32.2. The molecule has 3 heterocycles. The van der Waals surface area contributed by atoms with E-state index < -0.39 is 22.3 Å². The quantitative estimate of drug-likeness (QED) is 0.652. The Balaban J connectivity index is 2.10. The highest BCUT2D eigenvalue weighted by Crippen LogP contribution is 2.68. The van der Waals surface area contributed by atoms with Gasteiger partial charge < -0.3 is 0 Å². The summed E-state index contributed by atoms with van der Waals surface area (Å²) in [4.78, 5) is 39.4. The summed E-state index contributed by atoms with van der Waals surface area (Å²) in [5.41, 5.74) is 0.133. The summed E-state index contributed by atoms with van der Waals surface area (Å²) in [6.07, 6.45) is 1.24. The summed E-state index contributed by atoms with van der Waals surface area (Å²) in [6, 6.07) is 8.89. The Morgan fingerprint density at radius 2 is 1.60 bits per heavy atom. The lowest BCUT2D eigenvalue weighted by Gasteiger charge is -2.64. The normalized spacial score (nSPS) is 23.4. The molecule has 0 saturated carbocycles. The molecule has 1 amide bonds. The molecule has 0 bridgehead atoms. The first-order valence-corrected chi connectivity index (χ1v) is 10.8. The molecule has 2 aliphatic heterocycles. The smallest absolute Gasteiger partial charge is 0.274 e. The summed E-state index contributed by atoms with van der Waals surface area (Å²) < 4.78 is 5.11. The highest BCUT2D eigenvalue weighted by molar-refractivity contribution is 8.00. The number of fused-ring (bicyclic) bond motifs is 3. The monoisotopic (exact) mass is 428 g/mol. The van der Waals surface area contributed by atoms with Crippen molar-refractivity contribution in [2.75, 3.05) is 0 Å². The molecule has 1 aromatic carbocycles. The second-order valence-electron chi connectivity index (χ2n) is 10.0. The SMILES string of the molecule is CC(=O)N1S[C@]2(C(C)(C)C)C(C(C)(C)C)=Cn3c(=O)n(-c4ccccc4)c(=O)n3[C@H]12. The van der Waals surface area contributed by atoms with Crippen LogP contribution in [0.25, 0.3) is 11.9 Å². The van der Waals surface area contributed by atoms with Crippen LogP contribution in [-0.4, -0.2) is 28.9 Å². The van der Waals surface area contributed by atoms with E-state index in [1.54, 1.807) is 28.6 Å². The van der Waals surface area contributed by atoms with Crippen LogP contribution in [0.1, 0.15) is 54.6 Å². The number of benzene rings is 1. The van der Waals surface area contributed by atoms with E-state index in [1.807, 2.05) is 12.3 Å². The molecule has 4 rings (SSSR count). The third-order valence-corrected chi connectivity index (χ3v) is 7.95. The average molecular weight is 429 g/mol. The first kappa shape index (κ1) is 20.8. The minimum atomic E-state index is -0.579. The van der Waals surface area contributed by atoms with Gasteiger partial charge in [-0.15, -0.1) is 0 Å². The van der Waals surface area contributed by atoms with Crippen molar-refractivity contribution in [2.24, 2.45) is 10.8 Å². The van der Waals surface area contributed by atoms with Gasteiger partial charge in [-0.1, -0.05) is 59.7 Å². The Labute approximate surface area is 180 Å². The second kappa shape index (κ2) is 6.26. The zero-order valence-electron chi connectivity index (χ0n) is 18.5. The zero-order valence-corrected chi connectivity index (χ0v) is 19.3. The minimum Gasteiger partial charge on any atom is -0.274 e. The van der Waals surface area contributed by atoms with Crippen molar-refractivity contribution in [1.82, 2.24) is 18.2 Å². The summed E-state index contributed by atoms with van der Waals surface area (Å²) in [7, 11) is 0. The lowest BCUT2D eigenvalue weighted by molar-refractivity contribution is -0.130. The molecule has 0 radical (unpaired) electrons. The Hall–Kier alpha value is -2.48. The van der Waals surface area contributed by atoms with Crippen LogP contribution in [0.2, 0.25) is 0 Å². The Kier molecular flexibility index (Phi) is 4.34. The fourth-order valence-corrected chi connectivity index (χ4v) is 6.23. The molecule has 1 aromatic heterocycles. The Bertz CT molecular complexity index is 1170. The first-order chi connectivity index (χ1) is 13.8.